The second-order valence-electron chi connectivity index (χ2n) is 6.92. The van der Waals surface area contributed by atoms with Gasteiger partial charge in [-0.05, 0) is 62.8 Å². The molecule has 1 saturated carbocycles. The molecule has 4 rings (SSSR count). The maximum absolute atomic E-state index is 12.1. The summed E-state index contributed by atoms with van der Waals surface area (Å²) in [7, 11) is 0. The highest BCUT2D eigenvalue weighted by atomic mass is 16.5. The lowest BCUT2D eigenvalue weighted by molar-refractivity contribution is 0.00295. The van der Waals surface area contributed by atoms with Crippen LogP contribution < -0.4 is 5.76 Å². The zero-order valence-electron chi connectivity index (χ0n) is 14.5. The van der Waals surface area contributed by atoms with Crippen LogP contribution in [0.25, 0.3) is 11.5 Å². The van der Waals surface area contributed by atoms with E-state index in [0.717, 1.165) is 42.6 Å². The molecule has 5 heteroatoms. The minimum atomic E-state index is -0.429. The first-order chi connectivity index (χ1) is 12.2. The minimum absolute atomic E-state index is 0.0468. The van der Waals surface area contributed by atoms with E-state index in [4.69, 9.17) is 9.15 Å². The molecule has 1 aliphatic carbocycles. The zero-order chi connectivity index (χ0) is 17.2. The van der Waals surface area contributed by atoms with Gasteiger partial charge in [-0.25, -0.2) is 4.79 Å². The maximum Gasteiger partial charge on any atom is 0.437 e. The highest BCUT2D eigenvalue weighted by Crippen LogP contribution is 2.28. The highest BCUT2D eigenvalue weighted by molar-refractivity contribution is 5.60. The van der Waals surface area contributed by atoms with Crippen LogP contribution in [0.15, 0.2) is 27.4 Å². The second kappa shape index (κ2) is 6.89. The van der Waals surface area contributed by atoms with Crippen molar-refractivity contribution in [2.24, 2.45) is 5.92 Å². The molecule has 0 N–H and O–H groups in total. The summed E-state index contributed by atoms with van der Waals surface area (Å²) in [6.07, 6.45) is 5.67. The molecule has 5 nitrogen and oxygen atoms in total. The van der Waals surface area contributed by atoms with Gasteiger partial charge in [0.1, 0.15) is 0 Å². The Labute approximate surface area is 147 Å². The van der Waals surface area contributed by atoms with Crippen LogP contribution in [0.5, 0.6) is 0 Å². The van der Waals surface area contributed by atoms with Crippen LogP contribution in [0.1, 0.15) is 43.2 Å². The average molecular weight is 338 g/mol. The van der Waals surface area contributed by atoms with Crippen molar-refractivity contribution in [2.75, 3.05) is 6.61 Å². The molecule has 25 heavy (non-hydrogen) atoms. The monoisotopic (exact) mass is 338 g/mol. The van der Waals surface area contributed by atoms with Crippen LogP contribution >= 0.6 is 0 Å². The van der Waals surface area contributed by atoms with Crippen molar-refractivity contribution in [3.8, 4) is 23.3 Å². The Morgan fingerprint density at radius 1 is 1.28 bits per heavy atom. The van der Waals surface area contributed by atoms with E-state index in [2.05, 4.69) is 16.9 Å². The summed E-state index contributed by atoms with van der Waals surface area (Å²) in [5.74, 6) is 6.98. The standard InChI is InChI=1S/C20H22N2O3/c1-14-12-16(8-7-15-5-6-15)9-10-18(14)19-21-22(20(23)25-19)13-17-4-2-3-11-24-17/h9-10,12,15,17H,2-6,11,13H2,1H3. The predicted molar refractivity (Wildman–Crippen MR) is 94.1 cm³/mol. The number of hydrogen-bond acceptors (Lipinski definition) is 4. The first-order valence-electron chi connectivity index (χ1n) is 9.01. The highest BCUT2D eigenvalue weighted by Gasteiger charge is 2.19. The molecular weight excluding hydrogens is 316 g/mol. The van der Waals surface area contributed by atoms with Gasteiger partial charge in [0.25, 0.3) is 0 Å². The van der Waals surface area contributed by atoms with Crippen LogP contribution in [-0.2, 0) is 11.3 Å². The van der Waals surface area contributed by atoms with Crippen LogP contribution in [0.4, 0.5) is 0 Å². The summed E-state index contributed by atoms with van der Waals surface area (Å²) in [6, 6.07) is 5.91. The molecule has 0 bridgehead atoms. The van der Waals surface area contributed by atoms with Gasteiger partial charge in [-0.15, -0.1) is 5.10 Å². The van der Waals surface area contributed by atoms with E-state index in [9.17, 15) is 4.79 Å². The largest absolute Gasteiger partial charge is 0.437 e. The fraction of sp³-hybridized carbons (Fsp3) is 0.500. The van der Waals surface area contributed by atoms with Crippen LogP contribution in [-0.4, -0.2) is 22.5 Å². The van der Waals surface area contributed by atoms with Gasteiger partial charge in [0, 0.05) is 23.7 Å². The lowest BCUT2D eigenvalue weighted by Crippen LogP contribution is -2.29. The third-order valence-corrected chi connectivity index (χ3v) is 4.71. The van der Waals surface area contributed by atoms with Crippen molar-refractivity contribution in [2.45, 2.75) is 51.7 Å². The van der Waals surface area contributed by atoms with Gasteiger partial charge >= 0.3 is 5.76 Å². The predicted octanol–water partition coefficient (Wildman–Crippen LogP) is 3.14. The van der Waals surface area contributed by atoms with Crippen molar-refractivity contribution in [1.29, 1.82) is 0 Å². The fourth-order valence-corrected chi connectivity index (χ4v) is 3.07. The number of ether oxygens (including phenoxy) is 1. The topological polar surface area (TPSA) is 57.3 Å². The van der Waals surface area contributed by atoms with Gasteiger partial charge in [0.05, 0.1) is 12.6 Å². The SMILES string of the molecule is Cc1cc(C#CC2CC2)ccc1-c1nn(CC2CCCCO2)c(=O)o1. The van der Waals surface area contributed by atoms with E-state index in [1.54, 1.807) is 0 Å². The number of aromatic nitrogens is 2. The number of aryl methyl sites for hydroxylation is 1. The van der Waals surface area contributed by atoms with E-state index in [-0.39, 0.29) is 6.10 Å². The van der Waals surface area contributed by atoms with E-state index in [0.29, 0.717) is 18.4 Å². The van der Waals surface area contributed by atoms with Crippen molar-refractivity contribution in [3.05, 3.63) is 39.9 Å². The molecular formula is C20H22N2O3. The van der Waals surface area contributed by atoms with Crippen LogP contribution in [0.3, 0.4) is 0 Å². The molecule has 0 radical (unpaired) electrons. The molecule has 2 aromatic rings. The fourth-order valence-electron chi connectivity index (χ4n) is 3.07. The smallest absolute Gasteiger partial charge is 0.388 e. The summed E-state index contributed by atoms with van der Waals surface area (Å²) in [5, 5.41) is 4.37. The molecule has 1 saturated heterocycles. The summed E-state index contributed by atoms with van der Waals surface area (Å²) in [4.78, 5) is 12.1. The van der Waals surface area contributed by atoms with Gasteiger partial charge in [-0.3, -0.25) is 0 Å². The second-order valence-corrected chi connectivity index (χ2v) is 6.92. The van der Waals surface area contributed by atoms with Crippen molar-refractivity contribution in [1.82, 2.24) is 9.78 Å². The molecule has 130 valence electrons. The molecule has 1 aromatic heterocycles. The molecule has 2 fully saturated rings. The normalized spacial score (nSPS) is 20.1. The van der Waals surface area contributed by atoms with Crippen molar-refractivity contribution in [3.63, 3.8) is 0 Å². The van der Waals surface area contributed by atoms with E-state index in [1.165, 1.54) is 17.5 Å². The van der Waals surface area contributed by atoms with Crippen molar-refractivity contribution >= 4 is 0 Å². The summed E-state index contributed by atoms with van der Waals surface area (Å²) in [6.45, 7) is 3.19. The van der Waals surface area contributed by atoms with Gasteiger partial charge in [-0.1, -0.05) is 11.8 Å². The number of rotatable bonds is 3. The number of hydrogen-bond donors (Lipinski definition) is 0. The van der Waals surface area contributed by atoms with Crippen LogP contribution in [0.2, 0.25) is 0 Å². The third-order valence-electron chi connectivity index (χ3n) is 4.71. The third kappa shape index (κ3) is 3.85. The molecule has 0 amide bonds. The first kappa shape index (κ1) is 16.2. The quantitative estimate of drug-likeness (QED) is 0.807. The van der Waals surface area contributed by atoms with Crippen molar-refractivity contribution < 1.29 is 9.15 Å². The Kier molecular flexibility index (Phi) is 4.46. The Morgan fingerprint density at radius 2 is 2.16 bits per heavy atom. The maximum atomic E-state index is 12.1. The summed E-state index contributed by atoms with van der Waals surface area (Å²) < 4.78 is 12.4. The Bertz CT molecular complexity index is 874. The summed E-state index contributed by atoms with van der Waals surface area (Å²) in [5.41, 5.74) is 2.83. The molecule has 1 aromatic carbocycles. The molecule has 1 unspecified atom stereocenters. The Balaban J connectivity index is 1.54. The molecule has 1 aliphatic heterocycles. The molecule has 2 heterocycles. The van der Waals surface area contributed by atoms with Gasteiger partial charge in [0.2, 0.25) is 5.89 Å². The number of nitrogens with zero attached hydrogens (tertiary/aromatic N) is 2. The van der Waals surface area contributed by atoms with E-state index in [1.807, 2.05) is 25.1 Å². The minimum Gasteiger partial charge on any atom is -0.388 e. The lowest BCUT2D eigenvalue weighted by atomic mass is 10.1. The average Bonchev–Trinajstić information content (AvgIpc) is 3.38. The van der Waals surface area contributed by atoms with E-state index >= 15 is 0 Å². The zero-order valence-corrected chi connectivity index (χ0v) is 14.5. The van der Waals surface area contributed by atoms with Crippen LogP contribution in [0, 0.1) is 24.7 Å². The Morgan fingerprint density at radius 3 is 2.88 bits per heavy atom. The number of benzene rings is 1. The Hall–Kier alpha value is -2.32. The molecule has 1 atom stereocenters. The summed E-state index contributed by atoms with van der Waals surface area (Å²) >= 11 is 0. The lowest BCUT2D eigenvalue weighted by Gasteiger charge is -2.21. The van der Waals surface area contributed by atoms with Gasteiger partial charge in [-0.2, -0.15) is 4.68 Å². The van der Waals surface area contributed by atoms with E-state index < -0.39 is 5.76 Å². The van der Waals surface area contributed by atoms with Gasteiger partial charge < -0.3 is 9.15 Å². The van der Waals surface area contributed by atoms with Gasteiger partial charge in [0.15, 0.2) is 0 Å². The molecule has 2 aliphatic rings. The molecule has 0 spiro atoms. The first-order valence-corrected chi connectivity index (χ1v) is 9.01.